The number of likely N-dealkylation sites (N-methyl/N-ethyl adjacent to an activating group) is 1. The molecule has 2 heterocycles. The number of amides is 2. The van der Waals surface area contributed by atoms with E-state index in [4.69, 9.17) is 0 Å². The highest BCUT2D eigenvalue weighted by Crippen LogP contribution is 2.27. The van der Waals surface area contributed by atoms with Crippen molar-refractivity contribution >= 4 is 27.5 Å². The Balaban J connectivity index is 1.57. The first-order chi connectivity index (χ1) is 14.2. The van der Waals surface area contributed by atoms with Crippen LogP contribution in [0.3, 0.4) is 0 Å². The van der Waals surface area contributed by atoms with E-state index in [-0.39, 0.29) is 24.3 Å². The highest BCUT2D eigenvalue weighted by Gasteiger charge is 2.27. The number of H-pyrrole nitrogens is 1. The molecule has 1 aliphatic heterocycles. The molecule has 2 amide bonds. The van der Waals surface area contributed by atoms with E-state index in [1.807, 2.05) is 30.3 Å². The maximum absolute atomic E-state index is 12.7. The molecule has 1 aliphatic rings. The van der Waals surface area contributed by atoms with Gasteiger partial charge in [0.1, 0.15) is 0 Å². The number of benzene rings is 1. The van der Waals surface area contributed by atoms with Gasteiger partial charge in [0.05, 0.1) is 12.8 Å². The highest BCUT2D eigenvalue weighted by molar-refractivity contribution is 7.88. The second-order valence-electron chi connectivity index (χ2n) is 7.58. The molecule has 2 aromatic rings. The van der Waals surface area contributed by atoms with E-state index in [1.165, 1.54) is 7.05 Å². The molecule has 0 spiro atoms. The van der Waals surface area contributed by atoms with Crippen LogP contribution in [-0.4, -0.2) is 79.6 Å². The first-order valence-corrected chi connectivity index (χ1v) is 11.6. The lowest BCUT2D eigenvalue weighted by Crippen LogP contribution is -2.44. The second-order valence-corrected chi connectivity index (χ2v) is 9.67. The van der Waals surface area contributed by atoms with Crippen LogP contribution in [0.5, 0.6) is 0 Å². The van der Waals surface area contributed by atoms with Gasteiger partial charge in [-0.3, -0.25) is 14.7 Å². The Hall–Kier alpha value is -2.72. The van der Waals surface area contributed by atoms with Gasteiger partial charge in [0.25, 0.3) is 5.91 Å². The summed E-state index contributed by atoms with van der Waals surface area (Å²) in [6, 6.07) is 11.1. The molecule has 1 fully saturated rings. The predicted molar refractivity (Wildman–Crippen MR) is 114 cm³/mol. The van der Waals surface area contributed by atoms with Crippen molar-refractivity contribution < 1.29 is 18.0 Å². The van der Waals surface area contributed by atoms with E-state index < -0.39 is 10.0 Å². The molecular weight excluding hydrogens is 406 g/mol. The van der Waals surface area contributed by atoms with Crippen molar-refractivity contribution in [2.45, 2.75) is 18.8 Å². The maximum atomic E-state index is 12.7. The van der Waals surface area contributed by atoms with E-state index in [0.717, 1.165) is 34.8 Å². The van der Waals surface area contributed by atoms with Crippen LogP contribution in [0.1, 0.15) is 34.9 Å². The zero-order valence-corrected chi connectivity index (χ0v) is 18.2. The van der Waals surface area contributed by atoms with Crippen molar-refractivity contribution in [3.8, 4) is 0 Å². The third kappa shape index (κ3) is 5.06. The van der Waals surface area contributed by atoms with E-state index in [2.05, 4.69) is 10.2 Å². The van der Waals surface area contributed by atoms with Crippen LogP contribution in [-0.2, 0) is 14.8 Å². The SMILES string of the molecule is CN(C(=O)c1cc(C2CCN(C(=O)CN(C)S(C)(=O)=O)CC2)[nH]n1)c1ccccc1. The third-order valence-corrected chi connectivity index (χ3v) is 6.74. The number of aromatic amines is 1. The first-order valence-electron chi connectivity index (χ1n) is 9.74. The van der Waals surface area contributed by atoms with Crippen LogP contribution in [0.2, 0.25) is 0 Å². The molecule has 0 radical (unpaired) electrons. The number of aromatic nitrogens is 2. The maximum Gasteiger partial charge on any atom is 0.278 e. The smallest absolute Gasteiger partial charge is 0.278 e. The molecule has 0 aliphatic carbocycles. The minimum Gasteiger partial charge on any atom is -0.342 e. The van der Waals surface area contributed by atoms with Gasteiger partial charge in [0.2, 0.25) is 15.9 Å². The quantitative estimate of drug-likeness (QED) is 0.739. The summed E-state index contributed by atoms with van der Waals surface area (Å²) in [5.41, 5.74) is 2.02. The summed E-state index contributed by atoms with van der Waals surface area (Å²) in [6.07, 6.45) is 2.52. The monoisotopic (exact) mass is 433 g/mol. The number of nitrogens with one attached hydrogen (secondary N) is 1. The van der Waals surface area contributed by atoms with E-state index in [0.29, 0.717) is 18.8 Å². The topological polar surface area (TPSA) is 107 Å². The minimum absolute atomic E-state index is 0.155. The molecule has 1 aromatic carbocycles. The molecule has 0 atom stereocenters. The molecule has 162 valence electrons. The number of carbonyl (C=O) groups excluding carboxylic acids is 2. The number of likely N-dealkylation sites (tertiary alicyclic amines) is 1. The van der Waals surface area contributed by atoms with E-state index >= 15 is 0 Å². The van der Waals surface area contributed by atoms with Crippen molar-refractivity contribution in [2.24, 2.45) is 0 Å². The van der Waals surface area contributed by atoms with Crippen LogP contribution < -0.4 is 4.90 Å². The molecule has 9 nitrogen and oxygen atoms in total. The Morgan fingerprint density at radius 2 is 1.80 bits per heavy atom. The molecule has 0 bridgehead atoms. The summed E-state index contributed by atoms with van der Waals surface area (Å²) in [6.45, 7) is 0.915. The lowest BCUT2D eigenvalue weighted by molar-refractivity contribution is -0.132. The van der Waals surface area contributed by atoms with Gasteiger partial charge in [-0.2, -0.15) is 9.40 Å². The Morgan fingerprint density at radius 1 is 1.17 bits per heavy atom. The largest absolute Gasteiger partial charge is 0.342 e. The van der Waals surface area contributed by atoms with Crippen LogP contribution in [0.25, 0.3) is 0 Å². The average molecular weight is 434 g/mol. The fraction of sp³-hybridized carbons (Fsp3) is 0.450. The van der Waals surface area contributed by atoms with Crippen molar-refractivity contribution in [3.63, 3.8) is 0 Å². The number of para-hydroxylation sites is 1. The van der Waals surface area contributed by atoms with Crippen molar-refractivity contribution in [3.05, 3.63) is 47.8 Å². The number of sulfonamides is 1. The number of hydrogen-bond acceptors (Lipinski definition) is 5. The number of nitrogens with zero attached hydrogens (tertiary/aromatic N) is 4. The zero-order valence-electron chi connectivity index (χ0n) is 17.4. The lowest BCUT2D eigenvalue weighted by Gasteiger charge is -2.32. The van der Waals surface area contributed by atoms with E-state index in [1.54, 1.807) is 22.9 Å². The molecule has 30 heavy (non-hydrogen) atoms. The molecule has 0 unspecified atom stereocenters. The van der Waals surface area contributed by atoms with Gasteiger partial charge in [-0.05, 0) is 31.0 Å². The van der Waals surface area contributed by atoms with Crippen LogP contribution in [0, 0.1) is 0 Å². The Labute approximate surface area is 176 Å². The van der Waals surface area contributed by atoms with Crippen molar-refractivity contribution in [2.75, 3.05) is 44.9 Å². The molecule has 10 heteroatoms. The van der Waals surface area contributed by atoms with Gasteiger partial charge in [-0.15, -0.1) is 0 Å². The normalized spacial score (nSPS) is 15.4. The first kappa shape index (κ1) is 22.0. The van der Waals surface area contributed by atoms with Crippen LogP contribution in [0.15, 0.2) is 36.4 Å². The zero-order chi connectivity index (χ0) is 21.9. The van der Waals surface area contributed by atoms with Gasteiger partial charge in [-0.25, -0.2) is 8.42 Å². The Bertz CT molecular complexity index is 997. The Morgan fingerprint density at radius 3 is 2.40 bits per heavy atom. The highest BCUT2D eigenvalue weighted by atomic mass is 32.2. The summed E-state index contributed by atoms with van der Waals surface area (Å²) >= 11 is 0. The minimum atomic E-state index is -3.39. The Kier molecular flexibility index (Phi) is 6.57. The fourth-order valence-electron chi connectivity index (χ4n) is 3.44. The molecular formula is C20H27N5O4S. The number of carbonyl (C=O) groups is 2. The summed E-state index contributed by atoms with van der Waals surface area (Å²) < 4.78 is 24.0. The molecule has 0 saturated carbocycles. The molecule has 1 N–H and O–H groups in total. The van der Waals surface area contributed by atoms with Gasteiger partial charge in [-0.1, -0.05) is 18.2 Å². The summed E-state index contributed by atoms with van der Waals surface area (Å²) in [4.78, 5) is 28.3. The van der Waals surface area contributed by atoms with E-state index in [9.17, 15) is 18.0 Å². The average Bonchev–Trinajstić information content (AvgIpc) is 3.23. The van der Waals surface area contributed by atoms with Crippen molar-refractivity contribution in [1.82, 2.24) is 19.4 Å². The van der Waals surface area contributed by atoms with Gasteiger partial charge >= 0.3 is 0 Å². The van der Waals surface area contributed by atoms with Gasteiger partial charge in [0, 0.05) is 44.5 Å². The number of anilines is 1. The fourth-order valence-corrected chi connectivity index (χ4v) is 3.79. The lowest BCUT2D eigenvalue weighted by atomic mass is 9.93. The van der Waals surface area contributed by atoms with Gasteiger partial charge in [0.15, 0.2) is 5.69 Å². The van der Waals surface area contributed by atoms with Crippen LogP contribution >= 0.6 is 0 Å². The number of piperidine rings is 1. The van der Waals surface area contributed by atoms with Crippen LogP contribution in [0.4, 0.5) is 5.69 Å². The summed E-state index contributed by atoms with van der Waals surface area (Å²) in [5.74, 6) is -0.232. The van der Waals surface area contributed by atoms with Gasteiger partial charge < -0.3 is 9.80 Å². The second kappa shape index (κ2) is 8.97. The van der Waals surface area contributed by atoms with Crippen molar-refractivity contribution in [1.29, 1.82) is 0 Å². The standard InChI is InChI=1S/C20H27N5O4S/c1-23(30(3,28)29)14-19(26)25-11-9-15(10-12-25)17-13-18(22-21-17)20(27)24(2)16-7-5-4-6-8-16/h4-8,13,15H,9-12,14H2,1-3H3,(H,21,22). The summed E-state index contributed by atoms with van der Waals surface area (Å²) in [7, 11) is -0.276. The molecule has 1 saturated heterocycles. The summed E-state index contributed by atoms with van der Waals surface area (Å²) in [5, 5.41) is 7.16. The predicted octanol–water partition coefficient (Wildman–Crippen LogP) is 1.28. The number of rotatable bonds is 6. The molecule has 3 rings (SSSR count). The molecule has 1 aromatic heterocycles. The number of hydrogen-bond donors (Lipinski definition) is 1. The third-order valence-electron chi connectivity index (χ3n) is 5.48.